The predicted molar refractivity (Wildman–Crippen MR) is 56.3 cm³/mol. The fourth-order valence-corrected chi connectivity index (χ4v) is 1.27. The lowest BCUT2D eigenvalue weighted by Crippen LogP contribution is -1.98. The average molecular weight is 238 g/mol. The Hall–Kier alpha value is -1.27. The highest BCUT2D eigenvalue weighted by atomic mass is 79.9. The topological polar surface area (TPSA) is 43.1 Å². The van der Waals surface area contributed by atoms with Crippen LogP contribution in [0.3, 0.4) is 0 Å². The molecule has 66 valence electrons. The summed E-state index contributed by atoms with van der Waals surface area (Å²) in [5.74, 6) is 2.24. The largest absolute Gasteiger partial charge is 0.398 e. The maximum atomic E-state index is 11.3. The first kappa shape index (κ1) is 9.82. The van der Waals surface area contributed by atoms with E-state index in [0.29, 0.717) is 11.3 Å². The predicted octanol–water partition coefficient (Wildman–Crippen LogP) is 2.24. The summed E-state index contributed by atoms with van der Waals surface area (Å²) in [6.45, 7) is 0. The number of terminal acetylenes is 1. The van der Waals surface area contributed by atoms with Crippen molar-refractivity contribution in [3.8, 4) is 12.3 Å². The minimum atomic E-state index is -0.0665. The van der Waals surface area contributed by atoms with E-state index in [1.807, 2.05) is 0 Å². The first-order valence-electron chi connectivity index (χ1n) is 3.67. The second kappa shape index (κ2) is 4.11. The van der Waals surface area contributed by atoms with Gasteiger partial charge in [0.15, 0.2) is 5.78 Å². The van der Waals surface area contributed by atoms with Crippen molar-refractivity contribution >= 4 is 27.4 Å². The van der Waals surface area contributed by atoms with E-state index >= 15 is 0 Å². The lowest BCUT2D eigenvalue weighted by atomic mass is 10.1. The van der Waals surface area contributed by atoms with Crippen LogP contribution in [0.15, 0.2) is 22.7 Å². The number of nitrogens with two attached hydrogens (primary N) is 1. The minimum Gasteiger partial charge on any atom is -0.398 e. The Bertz CT molecular complexity index is 379. The van der Waals surface area contributed by atoms with E-state index < -0.39 is 0 Å². The van der Waals surface area contributed by atoms with Gasteiger partial charge in [-0.3, -0.25) is 4.79 Å². The molecule has 1 rings (SSSR count). The van der Waals surface area contributed by atoms with E-state index in [-0.39, 0.29) is 12.2 Å². The van der Waals surface area contributed by atoms with Crippen LogP contribution in [0.1, 0.15) is 16.8 Å². The first-order chi connectivity index (χ1) is 6.15. The lowest BCUT2D eigenvalue weighted by molar-refractivity contribution is 0.0998. The summed E-state index contributed by atoms with van der Waals surface area (Å²) >= 11 is 3.24. The highest BCUT2D eigenvalue weighted by Crippen LogP contribution is 2.20. The van der Waals surface area contributed by atoms with Crippen molar-refractivity contribution < 1.29 is 4.79 Å². The van der Waals surface area contributed by atoms with Crippen molar-refractivity contribution in [3.63, 3.8) is 0 Å². The van der Waals surface area contributed by atoms with Gasteiger partial charge in [-0.05, 0) is 34.1 Å². The van der Waals surface area contributed by atoms with Crippen LogP contribution in [0.25, 0.3) is 0 Å². The van der Waals surface area contributed by atoms with Gasteiger partial charge < -0.3 is 5.73 Å². The van der Waals surface area contributed by atoms with Gasteiger partial charge in [-0.1, -0.05) is 5.92 Å². The van der Waals surface area contributed by atoms with E-state index in [1.165, 1.54) is 0 Å². The van der Waals surface area contributed by atoms with E-state index in [4.69, 9.17) is 12.2 Å². The van der Waals surface area contributed by atoms with Gasteiger partial charge >= 0.3 is 0 Å². The summed E-state index contributed by atoms with van der Waals surface area (Å²) in [4.78, 5) is 11.3. The first-order valence-corrected chi connectivity index (χ1v) is 4.46. The van der Waals surface area contributed by atoms with Gasteiger partial charge in [0.1, 0.15) is 0 Å². The smallest absolute Gasteiger partial charge is 0.174 e. The molecule has 3 heteroatoms. The van der Waals surface area contributed by atoms with Crippen molar-refractivity contribution in [3.05, 3.63) is 28.2 Å². The number of carbonyl (C=O) groups excluding carboxylic acids is 1. The number of hydrogen-bond acceptors (Lipinski definition) is 2. The number of anilines is 1. The van der Waals surface area contributed by atoms with E-state index in [0.717, 1.165) is 4.47 Å². The molecule has 0 saturated heterocycles. The molecule has 0 heterocycles. The quantitative estimate of drug-likeness (QED) is 0.487. The van der Waals surface area contributed by atoms with Crippen molar-refractivity contribution in [2.45, 2.75) is 6.42 Å². The molecule has 13 heavy (non-hydrogen) atoms. The third-order valence-corrected chi connectivity index (χ3v) is 2.27. The van der Waals surface area contributed by atoms with E-state index in [1.54, 1.807) is 18.2 Å². The lowest BCUT2D eigenvalue weighted by Gasteiger charge is -2.00. The molecule has 2 nitrogen and oxygen atoms in total. The van der Waals surface area contributed by atoms with Gasteiger partial charge in [0.05, 0.1) is 6.42 Å². The van der Waals surface area contributed by atoms with E-state index in [9.17, 15) is 4.79 Å². The normalized spacial score (nSPS) is 9.23. The van der Waals surface area contributed by atoms with Gasteiger partial charge in [0, 0.05) is 15.7 Å². The number of hydrogen-bond donors (Lipinski definition) is 1. The Balaban J connectivity index is 2.98. The van der Waals surface area contributed by atoms with Crippen molar-refractivity contribution in [1.82, 2.24) is 0 Å². The molecule has 0 aliphatic carbocycles. The molecule has 0 bridgehead atoms. The summed E-state index contributed by atoms with van der Waals surface area (Å²) in [6.07, 6.45) is 5.15. The Morgan fingerprint density at radius 2 is 2.31 bits per heavy atom. The number of carbonyl (C=O) groups is 1. The molecule has 0 saturated carbocycles. The van der Waals surface area contributed by atoms with Gasteiger partial charge in [0.25, 0.3) is 0 Å². The van der Waals surface area contributed by atoms with Crippen LogP contribution in [0.2, 0.25) is 0 Å². The molecular weight excluding hydrogens is 230 g/mol. The molecule has 1 aromatic rings. The number of halogens is 1. The summed E-state index contributed by atoms with van der Waals surface area (Å²) in [5.41, 5.74) is 6.76. The Morgan fingerprint density at radius 3 is 2.85 bits per heavy atom. The van der Waals surface area contributed by atoms with Crippen LogP contribution in [0.5, 0.6) is 0 Å². The van der Waals surface area contributed by atoms with Gasteiger partial charge in [-0.2, -0.15) is 0 Å². The molecule has 2 N–H and O–H groups in total. The second-order valence-electron chi connectivity index (χ2n) is 2.54. The molecule has 0 radical (unpaired) electrons. The molecule has 0 atom stereocenters. The SMILES string of the molecule is C#CCC(=O)c1ccc(N)c(Br)c1. The zero-order valence-corrected chi connectivity index (χ0v) is 8.47. The molecule has 0 fully saturated rings. The third kappa shape index (κ3) is 2.33. The number of nitrogen functional groups attached to an aromatic ring is 1. The van der Waals surface area contributed by atoms with Crippen LogP contribution in [0, 0.1) is 12.3 Å². The molecule has 0 unspecified atom stereocenters. The Labute approximate surface area is 85.3 Å². The average Bonchev–Trinajstić information content (AvgIpc) is 2.10. The zero-order chi connectivity index (χ0) is 9.84. The summed E-state index contributed by atoms with van der Waals surface area (Å²) < 4.78 is 0.718. The van der Waals surface area contributed by atoms with Gasteiger partial charge in [0.2, 0.25) is 0 Å². The number of benzene rings is 1. The second-order valence-corrected chi connectivity index (χ2v) is 3.39. The minimum absolute atomic E-state index is 0.0665. The zero-order valence-electron chi connectivity index (χ0n) is 6.88. The van der Waals surface area contributed by atoms with Crippen LogP contribution < -0.4 is 5.73 Å². The van der Waals surface area contributed by atoms with Crippen molar-refractivity contribution in [2.75, 3.05) is 5.73 Å². The molecule has 0 aliphatic heterocycles. The highest BCUT2D eigenvalue weighted by Gasteiger charge is 2.05. The highest BCUT2D eigenvalue weighted by molar-refractivity contribution is 9.10. The number of Topliss-reactive ketones (excluding diaryl/α,β-unsaturated/α-hetero) is 1. The fourth-order valence-electron chi connectivity index (χ4n) is 0.895. The van der Waals surface area contributed by atoms with E-state index in [2.05, 4.69) is 21.9 Å². The van der Waals surface area contributed by atoms with Crippen LogP contribution in [0.4, 0.5) is 5.69 Å². The summed E-state index contributed by atoms with van der Waals surface area (Å²) in [7, 11) is 0. The molecule has 0 spiro atoms. The number of ketones is 1. The Morgan fingerprint density at radius 1 is 1.62 bits per heavy atom. The van der Waals surface area contributed by atoms with Gasteiger partial charge in [-0.25, -0.2) is 0 Å². The number of rotatable bonds is 2. The monoisotopic (exact) mass is 237 g/mol. The standard InChI is InChI=1S/C10H8BrNO/c1-2-3-10(13)7-4-5-9(12)8(11)6-7/h1,4-6H,3,12H2. The van der Waals surface area contributed by atoms with Crippen molar-refractivity contribution in [1.29, 1.82) is 0 Å². The molecule has 0 aromatic heterocycles. The maximum Gasteiger partial charge on any atom is 0.174 e. The molecule has 0 amide bonds. The molecule has 1 aromatic carbocycles. The molecular formula is C10H8BrNO. The van der Waals surface area contributed by atoms with Crippen LogP contribution in [-0.4, -0.2) is 5.78 Å². The fraction of sp³-hybridized carbons (Fsp3) is 0.100. The van der Waals surface area contributed by atoms with Crippen LogP contribution >= 0.6 is 15.9 Å². The summed E-state index contributed by atoms with van der Waals surface area (Å²) in [5, 5.41) is 0. The van der Waals surface area contributed by atoms with Crippen LogP contribution in [-0.2, 0) is 0 Å². The van der Waals surface area contributed by atoms with Gasteiger partial charge in [-0.15, -0.1) is 6.42 Å². The maximum absolute atomic E-state index is 11.3. The Kier molecular flexibility index (Phi) is 3.10. The summed E-state index contributed by atoms with van der Waals surface area (Å²) in [6, 6.07) is 5.02. The third-order valence-electron chi connectivity index (χ3n) is 1.59. The van der Waals surface area contributed by atoms with Crippen molar-refractivity contribution in [2.24, 2.45) is 0 Å². The molecule has 0 aliphatic rings.